The van der Waals surface area contributed by atoms with Gasteiger partial charge in [0.25, 0.3) is 0 Å². The van der Waals surface area contributed by atoms with Crippen LogP contribution in [0.15, 0.2) is 24.4 Å². The molecule has 7 nitrogen and oxygen atoms in total. The number of halogens is 1. The number of nitrogens with zero attached hydrogens (tertiary/aromatic N) is 4. The van der Waals surface area contributed by atoms with Crippen LogP contribution in [0.3, 0.4) is 0 Å². The number of rotatable bonds is 5. The molecule has 1 atom stereocenters. The van der Waals surface area contributed by atoms with Crippen LogP contribution in [0.5, 0.6) is 0 Å². The number of fused-ring (bicyclic) bond motifs is 1. The van der Waals surface area contributed by atoms with Crippen LogP contribution < -0.4 is 9.80 Å². The molecule has 1 fully saturated rings. The maximum atomic E-state index is 14.3. The van der Waals surface area contributed by atoms with Crippen molar-refractivity contribution in [2.75, 3.05) is 43.2 Å². The lowest BCUT2D eigenvalue weighted by Crippen LogP contribution is -2.32. The first kappa shape index (κ1) is 19.6. The molecule has 4 rings (SSSR count). The molecule has 0 aromatic carbocycles. The lowest BCUT2D eigenvalue weighted by atomic mass is 10.0. The van der Waals surface area contributed by atoms with E-state index in [0.29, 0.717) is 37.0 Å². The smallest absolute Gasteiger partial charge is 0.356 e. The van der Waals surface area contributed by atoms with Crippen LogP contribution in [-0.2, 0) is 22.4 Å². The SMILES string of the molecule is CCOC(=O)c1cc2c(cn1)CN(c1cc(F)cc(N3CCC(OC)C3)n1)CC2. The molecule has 0 amide bonds. The maximum absolute atomic E-state index is 14.3. The molecule has 1 unspecified atom stereocenters. The molecule has 0 bridgehead atoms. The van der Waals surface area contributed by atoms with Gasteiger partial charge in [0.1, 0.15) is 23.1 Å². The number of hydrogen-bond acceptors (Lipinski definition) is 7. The normalized spacial score (nSPS) is 18.7. The van der Waals surface area contributed by atoms with Crippen molar-refractivity contribution in [3.8, 4) is 0 Å². The van der Waals surface area contributed by atoms with Gasteiger partial charge in [-0.1, -0.05) is 0 Å². The molecular formula is C21H25FN4O3. The molecule has 2 aromatic rings. The number of anilines is 2. The Kier molecular flexibility index (Phi) is 5.62. The Morgan fingerprint density at radius 1 is 1.21 bits per heavy atom. The van der Waals surface area contributed by atoms with Crippen molar-refractivity contribution >= 4 is 17.6 Å². The average Bonchev–Trinajstić information content (AvgIpc) is 3.22. The van der Waals surface area contributed by atoms with E-state index in [2.05, 4.69) is 9.88 Å². The van der Waals surface area contributed by atoms with Gasteiger partial charge < -0.3 is 19.3 Å². The van der Waals surface area contributed by atoms with Gasteiger partial charge in [-0.25, -0.2) is 19.2 Å². The number of pyridine rings is 2. The highest BCUT2D eigenvalue weighted by Gasteiger charge is 2.25. The molecule has 0 saturated carbocycles. The summed E-state index contributed by atoms with van der Waals surface area (Å²) in [6.07, 6.45) is 3.51. The second-order valence-electron chi connectivity index (χ2n) is 7.32. The third kappa shape index (κ3) is 4.17. The van der Waals surface area contributed by atoms with Gasteiger partial charge in [-0.3, -0.25) is 0 Å². The van der Waals surface area contributed by atoms with Crippen molar-refractivity contribution in [1.82, 2.24) is 9.97 Å². The Hall–Kier alpha value is -2.74. The molecule has 0 N–H and O–H groups in total. The number of carbonyl (C=O) groups is 1. The number of aromatic nitrogens is 2. The molecule has 4 heterocycles. The molecular weight excluding hydrogens is 375 g/mol. The van der Waals surface area contributed by atoms with Crippen molar-refractivity contribution in [2.45, 2.75) is 32.4 Å². The van der Waals surface area contributed by atoms with E-state index < -0.39 is 5.97 Å². The Morgan fingerprint density at radius 2 is 2.00 bits per heavy atom. The molecule has 1 saturated heterocycles. The van der Waals surface area contributed by atoms with Crippen molar-refractivity contribution in [3.05, 3.63) is 47.0 Å². The van der Waals surface area contributed by atoms with E-state index in [1.165, 1.54) is 12.1 Å². The van der Waals surface area contributed by atoms with Gasteiger partial charge in [-0.2, -0.15) is 0 Å². The summed E-state index contributed by atoms with van der Waals surface area (Å²) in [5.74, 6) is 0.545. The molecule has 2 aromatic heterocycles. The molecule has 2 aliphatic rings. The molecule has 29 heavy (non-hydrogen) atoms. The van der Waals surface area contributed by atoms with Crippen molar-refractivity contribution in [3.63, 3.8) is 0 Å². The summed E-state index contributed by atoms with van der Waals surface area (Å²) in [5.41, 5.74) is 2.41. The lowest BCUT2D eigenvalue weighted by Gasteiger charge is -2.30. The van der Waals surface area contributed by atoms with E-state index in [4.69, 9.17) is 14.5 Å². The van der Waals surface area contributed by atoms with E-state index >= 15 is 0 Å². The highest BCUT2D eigenvalue weighted by molar-refractivity contribution is 5.87. The monoisotopic (exact) mass is 400 g/mol. The van der Waals surface area contributed by atoms with E-state index in [1.54, 1.807) is 26.3 Å². The predicted octanol–water partition coefficient (Wildman–Crippen LogP) is 2.58. The van der Waals surface area contributed by atoms with Crippen LogP contribution in [0.1, 0.15) is 35.0 Å². The Labute approximate surface area is 169 Å². The zero-order valence-electron chi connectivity index (χ0n) is 16.7. The van der Waals surface area contributed by atoms with Gasteiger partial charge in [0.15, 0.2) is 0 Å². The Balaban J connectivity index is 1.53. The summed E-state index contributed by atoms with van der Waals surface area (Å²) in [5, 5.41) is 0. The van der Waals surface area contributed by atoms with Gasteiger partial charge in [0, 0.05) is 51.6 Å². The second-order valence-corrected chi connectivity index (χ2v) is 7.32. The van der Waals surface area contributed by atoms with Crippen LogP contribution in [0.4, 0.5) is 16.0 Å². The highest BCUT2D eigenvalue weighted by atomic mass is 19.1. The number of ether oxygens (including phenoxy) is 2. The molecule has 2 aliphatic heterocycles. The van der Waals surface area contributed by atoms with Crippen LogP contribution in [0, 0.1) is 5.82 Å². The fraction of sp³-hybridized carbons (Fsp3) is 0.476. The van der Waals surface area contributed by atoms with Crippen molar-refractivity contribution in [1.29, 1.82) is 0 Å². The molecule has 8 heteroatoms. The first-order chi connectivity index (χ1) is 14.1. The van der Waals surface area contributed by atoms with E-state index in [1.807, 2.05) is 4.90 Å². The summed E-state index contributed by atoms with van der Waals surface area (Å²) in [4.78, 5) is 25.0. The summed E-state index contributed by atoms with van der Waals surface area (Å²) in [7, 11) is 1.70. The zero-order valence-corrected chi connectivity index (χ0v) is 16.7. The highest BCUT2D eigenvalue weighted by Crippen LogP contribution is 2.28. The van der Waals surface area contributed by atoms with Crippen LogP contribution in [0.2, 0.25) is 0 Å². The maximum Gasteiger partial charge on any atom is 0.356 e. The number of carbonyl (C=O) groups excluding carboxylic acids is 1. The second kappa shape index (κ2) is 8.32. The van der Waals surface area contributed by atoms with E-state index in [9.17, 15) is 9.18 Å². The summed E-state index contributed by atoms with van der Waals surface area (Å²) in [6, 6.07) is 4.75. The third-order valence-corrected chi connectivity index (χ3v) is 5.47. The van der Waals surface area contributed by atoms with E-state index in [0.717, 1.165) is 37.1 Å². The Morgan fingerprint density at radius 3 is 2.72 bits per heavy atom. The predicted molar refractivity (Wildman–Crippen MR) is 107 cm³/mol. The number of hydrogen-bond donors (Lipinski definition) is 0. The van der Waals surface area contributed by atoms with Gasteiger partial charge in [-0.05, 0) is 37.0 Å². The largest absolute Gasteiger partial charge is 0.461 e. The van der Waals surface area contributed by atoms with Gasteiger partial charge in [0.2, 0.25) is 0 Å². The summed E-state index contributed by atoms with van der Waals surface area (Å²) < 4.78 is 24.8. The molecule has 154 valence electrons. The third-order valence-electron chi connectivity index (χ3n) is 5.47. The minimum absolute atomic E-state index is 0.157. The summed E-state index contributed by atoms with van der Waals surface area (Å²) >= 11 is 0. The van der Waals surface area contributed by atoms with Gasteiger partial charge >= 0.3 is 5.97 Å². The summed E-state index contributed by atoms with van der Waals surface area (Å²) in [6.45, 7) is 4.87. The topological polar surface area (TPSA) is 67.8 Å². The van der Waals surface area contributed by atoms with Crippen LogP contribution in [-0.4, -0.2) is 55.4 Å². The number of esters is 1. The van der Waals surface area contributed by atoms with Crippen molar-refractivity contribution in [2.24, 2.45) is 0 Å². The van der Waals surface area contributed by atoms with Crippen LogP contribution in [0.25, 0.3) is 0 Å². The van der Waals surface area contributed by atoms with Gasteiger partial charge in [-0.15, -0.1) is 0 Å². The lowest BCUT2D eigenvalue weighted by molar-refractivity contribution is 0.0519. The minimum Gasteiger partial charge on any atom is -0.461 e. The fourth-order valence-electron chi connectivity index (χ4n) is 3.88. The fourth-order valence-corrected chi connectivity index (χ4v) is 3.88. The standard InChI is InChI=1S/C21H25FN4O3/c1-3-29-21(27)18-8-14-4-6-25(12-15(14)11-23-18)19-9-16(22)10-20(24-19)26-7-5-17(13-26)28-2/h8-11,17H,3-7,12-13H2,1-2H3. The molecule has 0 radical (unpaired) electrons. The quantitative estimate of drug-likeness (QED) is 0.715. The van der Waals surface area contributed by atoms with Crippen molar-refractivity contribution < 1.29 is 18.7 Å². The first-order valence-corrected chi connectivity index (χ1v) is 9.92. The van der Waals surface area contributed by atoms with E-state index in [-0.39, 0.29) is 11.9 Å². The molecule has 0 spiro atoms. The van der Waals surface area contributed by atoms with Gasteiger partial charge in [0.05, 0.1) is 12.7 Å². The minimum atomic E-state index is -0.408. The average molecular weight is 400 g/mol. The molecule has 0 aliphatic carbocycles. The Bertz CT molecular complexity index is 907. The first-order valence-electron chi connectivity index (χ1n) is 9.92. The number of methoxy groups -OCH3 is 1. The zero-order chi connectivity index (χ0) is 20.4. The van der Waals surface area contributed by atoms with Crippen LogP contribution >= 0.6 is 0 Å².